The van der Waals surface area contributed by atoms with Crippen molar-refractivity contribution in [3.05, 3.63) is 58.6 Å². The van der Waals surface area contributed by atoms with Crippen LogP contribution in [0.1, 0.15) is 25.8 Å². The molecule has 0 saturated carbocycles. The number of carbonyl (C=O) groups excluding carboxylic acids is 2. The molecule has 0 aliphatic heterocycles. The number of amides is 2. The van der Waals surface area contributed by atoms with Crippen LogP contribution < -0.4 is 14.4 Å². The van der Waals surface area contributed by atoms with E-state index in [1.165, 1.54) is 12.0 Å². The maximum atomic E-state index is 13.4. The minimum Gasteiger partial charge on any atom is -0.497 e. The molecule has 8 nitrogen and oxygen atoms in total. The zero-order valence-corrected chi connectivity index (χ0v) is 21.6. The van der Waals surface area contributed by atoms with Crippen LogP contribution in [-0.2, 0) is 26.2 Å². The third-order valence-electron chi connectivity index (χ3n) is 4.98. The maximum absolute atomic E-state index is 13.4. The van der Waals surface area contributed by atoms with E-state index in [4.69, 9.17) is 4.74 Å². The molecule has 2 aromatic rings. The van der Waals surface area contributed by atoms with Crippen LogP contribution in [0.5, 0.6) is 5.75 Å². The fraction of sp³-hybridized carbons (Fsp3) is 0.391. The largest absolute Gasteiger partial charge is 0.497 e. The summed E-state index contributed by atoms with van der Waals surface area (Å²) >= 11 is 3.42. The first-order valence-electron chi connectivity index (χ1n) is 10.5. The third-order valence-corrected chi connectivity index (χ3v) is 6.61. The second-order valence-corrected chi connectivity index (χ2v) is 10.4. The zero-order valence-electron chi connectivity index (χ0n) is 19.2. The smallest absolute Gasteiger partial charge is 0.244 e. The van der Waals surface area contributed by atoms with E-state index in [0.29, 0.717) is 18.0 Å². The molecular weight excluding hydrogens is 510 g/mol. The molecule has 10 heteroatoms. The quantitative estimate of drug-likeness (QED) is 0.473. The molecule has 0 aromatic heterocycles. The molecule has 0 aliphatic rings. The summed E-state index contributed by atoms with van der Waals surface area (Å²) in [6.45, 7) is 3.76. The lowest BCUT2D eigenvalue weighted by molar-refractivity contribution is -0.139. The number of sulfonamides is 1. The Kier molecular flexibility index (Phi) is 9.72. The van der Waals surface area contributed by atoms with Gasteiger partial charge in [0.05, 0.1) is 19.1 Å². The second kappa shape index (κ2) is 12.0. The summed E-state index contributed by atoms with van der Waals surface area (Å²) in [4.78, 5) is 27.5. The van der Waals surface area contributed by atoms with Gasteiger partial charge in [0.1, 0.15) is 18.3 Å². The van der Waals surface area contributed by atoms with Crippen LogP contribution in [-0.4, -0.2) is 57.6 Å². The van der Waals surface area contributed by atoms with Crippen molar-refractivity contribution in [3.8, 4) is 5.75 Å². The Morgan fingerprint density at radius 3 is 2.45 bits per heavy atom. The highest BCUT2D eigenvalue weighted by Crippen LogP contribution is 2.24. The molecule has 2 rings (SSSR count). The fourth-order valence-electron chi connectivity index (χ4n) is 3.19. The fourth-order valence-corrected chi connectivity index (χ4v) is 4.48. The van der Waals surface area contributed by atoms with E-state index in [0.717, 1.165) is 27.0 Å². The molecule has 0 saturated heterocycles. The normalized spacial score (nSPS) is 12.0. The molecule has 2 amide bonds. The van der Waals surface area contributed by atoms with Crippen molar-refractivity contribution >= 4 is 43.5 Å². The molecule has 0 bridgehead atoms. The van der Waals surface area contributed by atoms with Crippen LogP contribution in [0.3, 0.4) is 0 Å². The Balaban J connectivity index is 2.38. The number of ether oxygens (including phenoxy) is 1. The van der Waals surface area contributed by atoms with Crippen LogP contribution in [0, 0.1) is 0 Å². The van der Waals surface area contributed by atoms with Crippen molar-refractivity contribution in [2.75, 3.05) is 30.8 Å². The van der Waals surface area contributed by atoms with Gasteiger partial charge in [-0.15, -0.1) is 0 Å². The number of benzene rings is 2. The number of halogens is 1. The number of rotatable bonds is 11. The molecule has 1 atom stereocenters. The van der Waals surface area contributed by atoms with Crippen LogP contribution in [0.2, 0.25) is 0 Å². The monoisotopic (exact) mass is 539 g/mol. The summed E-state index contributed by atoms with van der Waals surface area (Å²) in [7, 11) is -2.31. The lowest BCUT2D eigenvalue weighted by atomic mass is 10.1. The van der Waals surface area contributed by atoms with Crippen molar-refractivity contribution in [1.82, 2.24) is 10.2 Å². The third kappa shape index (κ3) is 7.75. The van der Waals surface area contributed by atoms with E-state index in [-0.39, 0.29) is 12.5 Å². The van der Waals surface area contributed by atoms with Gasteiger partial charge in [-0.05, 0) is 43.2 Å². The first-order valence-corrected chi connectivity index (χ1v) is 13.1. The molecular formula is C23H30BrN3O5S. The van der Waals surface area contributed by atoms with Gasteiger partial charge in [0.25, 0.3) is 0 Å². The van der Waals surface area contributed by atoms with Crippen LogP contribution in [0.4, 0.5) is 5.69 Å². The molecule has 0 unspecified atom stereocenters. The highest BCUT2D eigenvalue weighted by molar-refractivity contribution is 9.10. The Morgan fingerprint density at radius 2 is 1.85 bits per heavy atom. The predicted octanol–water partition coefficient (Wildman–Crippen LogP) is 3.17. The molecule has 2 aromatic carbocycles. The molecule has 1 N–H and O–H groups in total. The highest BCUT2D eigenvalue weighted by atomic mass is 79.9. The Morgan fingerprint density at radius 1 is 1.15 bits per heavy atom. The van der Waals surface area contributed by atoms with E-state index in [2.05, 4.69) is 21.2 Å². The van der Waals surface area contributed by atoms with Gasteiger partial charge >= 0.3 is 0 Å². The average Bonchev–Trinajstić information content (AvgIpc) is 2.78. The molecule has 0 fully saturated rings. The van der Waals surface area contributed by atoms with E-state index in [9.17, 15) is 18.0 Å². The molecule has 0 spiro atoms. The van der Waals surface area contributed by atoms with Crippen molar-refractivity contribution in [1.29, 1.82) is 0 Å². The van der Waals surface area contributed by atoms with Gasteiger partial charge in [0.15, 0.2) is 0 Å². The number of methoxy groups -OCH3 is 1. The van der Waals surface area contributed by atoms with Crippen molar-refractivity contribution < 1.29 is 22.7 Å². The molecule has 33 heavy (non-hydrogen) atoms. The van der Waals surface area contributed by atoms with Crippen LogP contribution >= 0.6 is 15.9 Å². The number of anilines is 1. The number of nitrogens with one attached hydrogen (secondary N) is 1. The molecule has 0 radical (unpaired) electrons. The SMILES string of the molecule is CCCNC(=O)[C@H](C)N(Cc1cccc(Br)c1)C(=O)CN(c1cccc(OC)c1)S(C)(=O)=O. The Labute approximate surface area is 204 Å². The summed E-state index contributed by atoms with van der Waals surface area (Å²) in [5.41, 5.74) is 1.11. The van der Waals surface area contributed by atoms with Crippen LogP contribution in [0.15, 0.2) is 53.0 Å². The number of carbonyl (C=O) groups is 2. The minimum absolute atomic E-state index is 0.148. The predicted molar refractivity (Wildman–Crippen MR) is 133 cm³/mol. The molecule has 0 aliphatic carbocycles. The zero-order chi connectivity index (χ0) is 24.6. The van der Waals surface area contributed by atoms with E-state index < -0.39 is 28.5 Å². The van der Waals surface area contributed by atoms with E-state index in [1.807, 2.05) is 31.2 Å². The van der Waals surface area contributed by atoms with Crippen molar-refractivity contribution in [2.24, 2.45) is 0 Å². The standard InChI is InChI=1S/C23H30BrN3O5S/c1-5-12-25-23(29)17(2)26(15-18-8-6-9-19(24)13-18)22(28)16-27(33(4,30)31)20-10-7-11-21(14-20)32-3/h6-11,13-14,17H,5,12,15-16H2,1-4H3,(H,25,29)/t17-/m0/s1. The Hall–Kier alpha value is -2.59. The van der Waals surface area contributed by atoms with E-state index >= 15 is 0 Å². The lowest BCUT2D eigenvalue weighted by Crippen LogP contribution is -2.51. The molecule has 0 heterocycles. The van der Waals surface area contributed by atoms with Gasteiger partial charge in [-0.25, -0.2) is 8.42 Å². The summed E-state index contributed by atoms with van der Waals surface area (Å²) in [6.07, 6.45) is 1.80. The summed E-state index contributed by atoms with van der Waals surface area (Å²) < 4.78 is 32.2. The minimum atomic E-state index is -3.79. The first-order chi connectivity index (χ1) is 15.6. The van der Waals surface area contributed by atoms with Crippen molar-refractivity contribution in [2.45, 2.75) is 32.9 Å². The van der Waals surface area contributed by atoms with Crippen molar-refractivity contribution in [3.63, 3.8) is 0 Å². The van der Waals surface area contributed by atoms with Gasteiger partial charge in [0, 0.05) is 23.6 Å². The highest BCUT2D eigenvalue weighted by Gasteiger charge is 2.30. The topological polar surface area (TPSA) is 96.0 Å². The number of hydrogen-bond acceptors (Lipinski definition) is 5. The maximum Gasteiger partial charge on any atom is 0.244 e. The summed E-state index contributed by atoms with van der Waals surface area (Å²) in [6, 6.07) is 13.1. The van der Waals surface area contributed by atoms with E-state index in [1.54, 1.807) is 31.2 Å². The average molecular weight is 540 g/mol. The first kappa shape index (κ1) is 26.7. The van der Waals surface area contributed by atoms with Gasteiger partial charge in [-0.3, -0.25) is 13.9 Å². The Bertz CT molecular complexity index is 1080. The van der Waals surface area contributed by atoms with Gasteiger partial charge in [-0.1, -0.05) is 41.1 Å². The second-order valence-electron chi connectivity index (χ2n) is 7.59. The summed E-state index contributed by atoms with van der Waals surface area (Å²) in [5.74, 6) is -0.332. The molecule has 180 valence electrons. The van der Waals surface area contributed by atoms with Gasteiger partial charge in [-0.2, -0.15) is 0 Å². The van der Waals surface area contributed by atoms with Gasteiger partial charge in [0.2, 0.25) is 21.8 Å². The summed E-state index contributed by atoms with van der Waals surface area (Å²) in [5, 5.41) is 2.80. The van der Waals surface area contributed by atoms with Crippen LogP contribution in [0.25, 0.3) is 0 Å². The van der Waals surface area contributed by atoms with Gasteiger partial charge < -0.3 is 15.0 Å². The number of nitrogens with zero attached hydrogens (tertiary/aromatic N) is 2. The lowest BCUT2D eigenvalue weighted by Gasteiger charge is -2.31. The number of hydrogen-bond donors (Lipinski definition) is 1.